The number of ether oxygens (including phenoxy) is 1. The maximum atomic E-state index is 12.2. The molecule has 136 valence electrons. The summed E-state index contributed by atoms with van der Waals surface area (Å²) in [5, 5.41) is 12.5. The maximum Gasteiger partial charge on any atom is 0.342 e. The molecule has 0 aliphatic heterocycles. The van der Waals surface area contributed by atoms with Crippen LogP contribution in [0.1, 0.15) is 15.9 Å². The van der Waals surface area contributed by atoms with Crippen LogP contribution in [0, 0.1) is 6.92 Å². The van der Waals surface area contributed by atoms with E-state index in [0.717, 1.165) is 16.7 Å². The summed E-state index contributed by atoms with van der Waals surface area (Å²) < 4.78 is 5.03. The molecule has 0 fully saturated rings. The number of nitrogens with one attached hydrogen (secondary N) is 1. The molecule has 0 saturated carbocycles. The van der Waals surface area contributed by atoms with Crippen LogP contribution < -0.4 is 5.32 Å². The van der Waals surface area contributed by atoms with Gasteiger partial charge < -0.3 is 15.2 Å². The van der Waals surface area contributed by atoms with E-state index in [1.807, 2.05) is 48.5 Å². The van der Waals surface area contributed by atoms with Crippen molar-refractivity contribution in [2.45, 2.75) is 6.92 Å². The number of aromatic hydroxyl groups is 1. The zero-order chi connectivity index (χ0) is 19.2. The number of phenols is 1. The van der Waals surface area contributed by atoms with E-state index in [0.29, 0.717) is 5.69 Å². The minimum atomic E-state index is -0.748. The van der Waals surface area contributed by atoms with Gasteiger partial charge in [0.25, 0.3) is 5.91 Å². The van der Waals surface area contributed by atoms with E-state index in [1.165, 1.54) is 12.1 Å². The van der Waals surface area contributed by atoms with Gasteiger partial charge in [0.1, 0.15) is 11.3 Å². The van der Waals surface area contributed by atoms with Crippen molar-refractivity contribution in [2.24, 2.45) is 0 Å². The van der Waals surface area contributed by atoms with Crippen LogP contribution in [0.2, 0.25) is 0 Å². The third-order valence-corrected chi connectivity index (χ3v) is 3.99. The summed E-state index contributed by atoms with van der Waals surface area (Å²) in [6.45, 7) is 1.35. The van der Waals surface area contributed by atoms with Gasteiger partial charge in [0.05, 0.1) is 0 Å². The molecule has 5 nitrogen and oxygen atoms in total. The highest BCUT2D eigenvalue weighted by Gasteiger charge is 2.15. The number of para-hydroxylation sites is 1. The normalized spacial score (nSPS) is 10.3. The van der Waals surface area contributed by atoms with Gasteiger partial charge in [-0.05, 0) is 30.7 Å². The minimum absolute atomic E-state index is 0.0347. The van der Waals surface area contributed by atoms with Gasteiger partial charge in [-0.3, -0.25) is 4.79 Å². The first-order valence-electron chi connectivity index (χ1n) is 8.45. The zero-order valence-electron chi connectivity index (χ0n) is 14.8. The van der Waals surface area contributed by atoms with E-state index in [-0.39, 0.29) is 11.3 Å². The monoisotopic (exact) mass is 361 g/mol. The lowest BCUT2D eigenvalue weighted by atomic mass is 10.0. The van der Waals surface area contributed by atoms with Crippen molar-refractivity contribution in [3.05, 3.63) is 83.9 Å². The molecule has 0 saturated heterocycles. The molecule has 0 unspecified atom stereocenters. The molecule has 3 rings (SSSR count). The third kappa shape index (κ3) is 4.52. The van der Waals surface area contributed by atoms with Crippen LogP contribution in [0.5, 0.6) is 5.75 Å². The predicted octanol–water partition coefficient (Wildman–Crippen LogP) is 4.16. The number of carbonyl (C=O) groups excluding carboxylic acids is 2. The van der Waals surface area contributed by atoms with Crippen molar-refractivity contribution < 1.29 is 19.4 Å². The Balaban J connectivity index is 1.67. The summed E-state index contributed by atoms with van der Waals surface area (Å²) >= 11 is 0. The summed E-state index contributed by atoms with van der Waals surface area (Å²) in [7, 11) is 0. The smallest absolute Gasteiger partial charge is 0.342 e. The standard InChI is InChI=1S/C22H19NO4/c1-15-11-12-20(24)18(13-15)22(26)27-14-21(25)23-19-10-6-5-9-17(19)16-7-3-2-4-8-16/h2-13,24H,14H2,1H3,(H,23,25). The fourth-order valence-corrected chi connectivity index (χ4v) is 2.67. The molecule has 0 aliphatic rings. The molecule has 0 radical (unpaired) electrons. The van der Waals surface area contributed by atoms with Crippen molar-refractivity contribution in [3.63, 3.8) is 0 Å². The topological polar surface area (TPSA) is 75.6 Å². The van der Waals surface area contributed by atoms with Crippen LogP contribution in [0.15, 0.2) is 72.8 Å². The maximum absolute atomic E-state index is 12.2. The Labute approximate surface area is 157 Å². The number of amides is 1. The second-order valence-electron chi connectivity index (χ2n) is 6.06. The van der Waals surface area contributed by atoms with Crippen molar-refractivity contribution >= 4 is 17.6 Å². The fraction of sp³-hybridized carbons (Fsp3) is 0.0909. The number of hydrogen-bond acceptors (Lipinski definition) is 4. The molecule has 27 heavy (non-hydrogen) atoms. The first-order valence-corrected chi connectivity index (χ1v) is 8.45. The van der Waals surface area contributed by atoms with Crippen LogP contribution in [0.4, 0.5) is 5.69 Å². The lowest BCUT2D eigenvalue weighted by Gasteiger charge is -2.12. The highest BCUT2D eigenvalue weighted by Crippen LogP contribution is 2.27. The van der Waals surface area contributed by atoms with Crippen molar-refractivity contribution in [3.8, 4) is 16.9 Å². The van der Waals surface area contributed by atoms with Gasteiger partial charge in [-0.25, -0.2) is 4.79 Å². The van der Waals surface area contributed by atoms with Gasteiger partial charge in [-0.2, -0.15) is 0 Å². The molecular formula is C22H19NO4. The van der Waals surface area contributed by atoms with Crippen LogP contribution in [-0.4, -0.2) is 23.6 Å². The average Bonchev–Trinajstić information content (AvgIpc) is 2.69. The Kier molecular flexibility index (Phi) is 5.52. The fourth-order valence-electron chi connectivity index (χ4n) is 2.67. The number of anilines is 1. The van der Waals surface area contributed by atoms with Crippen LogP contribution in [0.25, 0.3) is 11.1 Å². The second kappa shape index (κ2) is 8.19. The number of esters is 1. The second-order valence-corrected chi connectivity index (χ2v) is 6.06. The Hall–Kier alpha value is -3.60. The number of aryl methyl sites for hydroxylation is 1. The van der Waals surface area contributed by atoms with Crippen molar-refractivity contribution in [2.75, 3.05) is 11.9 Å². The number of hydrogen-bond donors (Lipinski definition) is 2. The molecule has 0 spiro atoms. The molecule has 3 aromatic carbocycles. The highest BCUT2D eigenvalue weighted by atomic mass is 16.5. The SMILES string of the molecule is Cc1ccc(O)c(C(=O)OCC(=O)Nc2ccccc2-c2ccccc2)c1. The van der Waals surface area contributed by atoms with E-state index in [1.54, 1.807) is 19.1 Å². The highest BCUT2D eigenvalue weighted by molar-refractivity contribution is 5.99. The number of benzene rings is 3. The van der Waals surface area contributed by atoms with Gasteiger partial charge >= 0.3 is 5.97 Å². The van der Waals surface area contributed by atoms with Crippen molar-refractivity contribution in [1.82, 2.24) is 0 Å². The predicted molar refractivity (Wildman–Crippen MR) is 104 cm³/mol. The Morgan fingerprint density at radius 2 is 1.67 bits per heavy atom. The summed E-state index contributed by atoms with van der Waals surface area (Å²) in [6.07, 6.45) is 0. The molecule has 0 aromatic heterocycles. The number of phenolic OH excluding ortho intramolecular Hbond substituents is 1. The summed E-state index contributed by atoms with van der Waals surface area (Å²) in [4.78, 5) is 24.3. The average molecular weight is 361 g/mol. The van der Waals surface area contributed by atoms with Gasteiger partial charge in [0.2, 0.25) is 0 Å². The van der Waals surface area contributed by atoms with Gasteiger partial charge in [0.15, 0.2) is 6.61 Å². The van der Waals surface area contributed by atoms with Gasteiger partial charge in [-0.15, -0.1) is 0 Å². The van der Waals surface area contributed by atoms with E-state index in [2.05, 4.69) is 5.32 Å². The minimum Gasteiger partial charge on any atom is -0.507 e. The molecule has 0 aliphatic carbocycles. The lowest BCUT2D eigenvalue weighted by molar-refractivity contribution is -0.119. The van der Waals surface area contributed by atoms with Gasteiger partial charge in [-0.1, -0.05) is 60.2 Å². The molecule has 2 N–H and O–H groups in total. The van der Waals surface area contributed by atoms with Crippen LogP contribution in [-0.2, 0) is 9.53 Å². The van der Waals surface area contributed by atoms with Crippen LogP contribution in [0.3, 0.4) is 0 Å². The molecule has 1 amide bonds. The molecule has 5 heteroatoms. The van der Waals surface area contributed by atoms with E-state index < -0.39 is 18.5 Å². The zero-order valence-corrected chi connectivity index (χ0v) is 14.8. The Morgan fingerprint density at radius 3 is 2.44 bits per heavy atom. The molecular weight excluding hydrogens is 342 g/mol. The molecule has 3 aromatic rings. The Morgan fingerprint density at radius 1 is 0.963 bits per heavy atom. The largest absolute Gasteiger partial charge is 0.507 e. The third-order valence-electron chi connectivity index (χ3n) is 3.99. The van der Waals surface area contributed by atoms with E-state index >= 15 is 0 Å². The van der Waals surface area contributed by atoms with Gasteiger partial charge in [0, 0.05) is 11.3 Å². The molecule has 0 atom stereocenters. The number of carbonyl (C=O) groups is 2. The first-order chi connectivity index (χ1) is 13.0. The van der Waals surface area contributed by atoms with E-state index in [4.69, 9.17) is 4.74 Å². The molecule has 0 bridgehead atoms. The molecule has 0 heterocycles. The van der Waals surface area contributed by atoms with Crippen LogP contribution >= 0.6 is 0 Å². The van der Waals surface area contributed by atoms with Crippen molar-refractivity contribution in [1.29, 1.82) is 0 Å². The summed E-state index contributed by atoms with van der Waals surface area (Å²) in [5.41, 5.74) is 3.31. The quantitative estimate of drug-likeness (QED) is 0.669. The van der Waals surface area contributed by atoms with E-state index in [9.17, 15) is 14.7 Å². The summed E-state index contributed by atoms with van der Waals surface area (Å²) in [5.74, 6) is -1.39. The Bertz CT molecular complexity index is 967. The lowest BCUT2D eigenvalue weighted by Crippen LogP contribution is -2.21. The summed E-state index contributed by atoms with van der Waals surface area (Å²) in [6, 6.07) is 21.7. The first kappa shape index (κ1) is 18.2. The number of rotatable bonds is 5.